The van der Waals surface area contributed by atoms with Crippen LogP contribution in [0.15, 0.2) is 72.8 Å². The van der Waals surface area contributed by atoms with Crippen molar-refractivity contribution >= 4 is 29.2 Å². The summed E-state index contributed by atoms with van der Waals surface area (Å²) in [6, 6.07) is 22.5. The number of Topliss-reactive ketones (excluding diaryl/α,β-unsaturated/α-hetero) is 1. The van der Waals surface area contributed by atoms with Gasteiger partial charge in [0.1, 0.15) is 5.78 Å². The van der Waals surface area contributed by atoms with Gasteiger partial charge in [0, 0.05) is 24.1 Å². The molecule has 0 heterocycles. The molecule has 2 amide bonds. The lowest BCUT2D eigenvalue weighted by Crippen LogP contribution is -2.12. The molecule has 0 saturated heterocycles. The minimum absolute atomic E-state index is 0.0888. The van der Waals surface area contributed by atoms with Crippen molar-refractivity contribution in [3.05, 3.63) is 83.9 Å². The molecule has 0 aromatic heterocycles. The lowest BCUT2D eigenvalue weighted by atomic mass is 9.99. The molecule has 6 heteroatoms. The van der Waals surface area contributed by atoms with Crippen molar-refractivity contribution in [2.24, 2.45) is 0 Å². The Hall–Kier alpha value is -3.93. The van der Waals surface area contributed by atoms with Crippen molar-refractivity contribution in [2.45, 2.75) is 32.6 Å². The van der Waals surface area contributed by atoms with Crippen LogP contribution in [0.4, 0.5) is 16.2 Å². The Balaban J connectivity index is 1.57. The molecule has 3 aromatic rings. The zero-order chi connectivity index (χ0) is 22.9. The second kappa shape index (κ2) is 10.9. The van der Waals surface area contributed by atoms with Crippen LogP contribution in [0.25, 0.3) is 11.1 Å². The molecule has 0 saturated carbocycles. The normalized spacial score (nSPS) is 10.4. The molecule has 0 spiro atoms. The number of rotatable bonds is 9. The van der Waals surface area contributed by atoms with E-state index in [0.717, 1.165) is 22.3 Å². The van der Waals surface area contributed by atoms with Crippen molar-refractivity contribution < 1.29 is 19.5 Å². The summed E-state index contributed by atoms with van der Waals surface area (Å²) >= 11 is 0. The second-order valence-corrected chi connectivity index (χ2v) is 7.65. The highest BCUT2D eigenvalue weighted by Crippen LogP contribution is 2.29. The number of aryl methyl sites for hydroxylation is 1. The monoisotopic (exact) mass is 430 g/mol. The molecule has 0 radical (unpaired) electrons. The fourth-order valence-corrected chi connectivity index (χ4v) is 3.50. The van der Waals surface area contributed by atoms with Crippen LogP contribution in [0.1, 0.15) is 30.9 Å². The van der Waals surface area contributed by atoms with Gasteiger partial charge in [-0.05, 0) is 54.7 Å². The quantitative estimate of drug-likeness (QED) is 0.415. The van der Waals surface area contributed by atoms with E-state index < -0.39 is 6.09 Å². The average Bonchev–Trinajstić information content (AvgIpc) is 2.75. The highest BCUT2D eigenvalue weighted by Gasteiger charge is 2.10. The maximum atomic E-state index is 12.3. The number of carbonyl (C=O) groups is 3. The molecule has 6 nitrogen and oxygen atoms in total. The highest BCUT2D eigenvalue weighted by atomic mass is 16.4. The fourth-order valence-electron chi connectivity index (χ4n) is 3.50. The van der Waals surface area contributed by atoms with E-state index in [4.69, 9.17) is 0 Å². The third kappa shape index (κ3) is 6.80. The summed E-state index contributed by atoms with van der Waals surface area (Å²) in [4.78, 5) is 34.7. The molecule has 0 aliphatic heterocycles. The summed E-state index contributed by atoms with van der Waals surface area (Å²) in [5.74, 6) is 0.00871. The van der Waals surface area contributed by atoms with Gasteiger partial charge >= 0.3 is 6.09 Å². The first kappa shape index (κ1) is 22.7. The van der Waals surface area contributed by atoms with Crippen LogP contribution in [0.2, 0.25) is 0 Å². The van der Waals surface area contributed by atoms with E-state index in [2.05, 4.69) is 10.6 Å². The molecule has 3 rings (SSSR count). The Morgan fingerprint density at radius 1 is 0.844 bits per heavy atom. The third-order valence-electron chi connectivity index (χ3n) is 4.97. The standard InChI is InChI=1S/C26H26N2O4/c1-18(29)16-20-10-13-22(14-11-20)27-25(30)9-5-6-19-12-15-23(21-7-3-2-4-8-21)24(17-19)28-26(31)32/h2-4,7-8,10-15,17,28H,5-6,9,16H2,1H3,(H,27,30)(H,31,32). The zero-order valence-corrected chi connectivity index (χ0v) is 17.9. The molecule has 3 aromatic carbocycles. The van der Waals surface area contributed by atoms with Crippen LogP contribution >= 0.6 is 0 Å². The van der Waals surface area contributed by atoms with Crippen LogP contribution in [0.3, 0.4) is 0 Å². The van der Waals surface area contributed by atoms with Gasteiger partial charge in [0.05, 0.1) is 5.69 Å². The molecule has 0 fully saturated rings. The SMILES string of the molecule is CC(=O)Cc1ccc(NC(=O)CCCc2ccc(-c3ccccc3)c(NC(=O)O)c2)cc1. The molecule has 164 valence electrons. The Labute approximate surface area is 187 Å². The van der Waals surface area contributed by atoms with E-state index in [1.165, 1.54) is 0 Å². The number of carbonyl (C=O) groups excluding carboxylic acids is 2. The number of benzene rings is 3. The number of nitrogens with one attached hydrogen (secondary N) is 2. The number of anilines is 2. The smallest absolute Gasteiger partial charge is 0.409 e. The Bertz CT molecular complexity index is 1090. The topological polar surface area (TPSA) is 95.5 Å². The number of ketones is 1. The molecule has 0 unspecified atom stereocenters. The number of hydrogen-bond donors (Lipinski definition) is 3. The van der Waals surface area contributed by atoms with Crippen LogP contribution in [0, 0.1) is 0 Å². The maximum Gasteiger partial charge on any atom is 0.409 e. The van der Waals surface area contributed by atoms with E-state index in [1.54, 1.807) is 19.1 Å². The van der Waals surface area contributed by atoms with Gasteiger partial charge in [-0.25, -0.2) is 4.79 Å². The third-order valence-corrected chi connectivity index (χ3v) is 4.97. The van der Waals surface area contributed by atoms with E-state index in [9.17, 15) is 19.5 Å². The van der Waals surface area contributed by atoms with Gasteiger partial charge in [-0.1, -0.05) is 54.6 Å². The highest BCUT2D eigenvalue weighted by molar-refractivity contribution is 5.91. The lowest BCUT2D eigenvalue weighted by molar-refractivity contribution is -0.117. The summed E-state index contributed by atoms with van der Waals surface area (Å²) in [7, 11) is 0. The maximum absolute atomic E-state index is 12.3. The van der Waals surface area contributed by atoms with E-state index in [1.807, 2.05) is 60.7 Å². The minimum atomic E-state index is -1.12. The van der Waals surface area contributed by atoms with Gasteiger partial charge in [-0.2, -0.15) is 0 Å². The predicted octanol–water partition coefficient (Wildman–Crippen LogP) is 5.54. The lowest BCUT2D eigenvalue weighted by Gasteiger charge is -2.12. The summed E-state index contributed by atoms with van der Waals surface area (Å²) in [6.07, 6.45) is 0.890. The Morgan fingerprint density at radius 2 is 1.53 bits per heavy atom. The molecule has 32 heavy (non-hydrogen) atoms. The van der Waals surface area contributed by atoms with Gasteiger partial charge in [0.15, 0.2) is 0 Å². The number of amides is 2. The molecular formula is C26H26N2O4. The fraction of sp³-hybridized carbons (Fsp3) is 0.192. The van der Waals surface area contributed by atoms with Crippen LogP contribution in [-0.2, 0) is 22.4 Å². The van der Waals surface area contributed by atoms with Gasteiger partial charge in [-0.3, -0.25) is 14.9 Å². The first-order valence-corrected chi connectivity index (χ1v) is 10.5. The first-order chi connectivity index (χ1) is 15.4. The average molecular weight is 431 g/mol. The molecule has 0 aliphatic carbocycles. The molecular weight excluding hydrogens is 404 g/mol. The largest absolute Gasteiger partial charge is 0.465 e. The first-order valence-electron chi connectivity index (χ1n) is 10.5. The van der Waals surface area contributed by atoms with Gasteiger partial charge in [0.25, 0.3) is 0 Å². The van der Waals surface area contributed by atoms with Crippen LogP contribution < -0.4 is 10.6 Å². The van der Waals surface area contributed by atoms with Crippen molar-refractivity contribution in [1.82, 2.24) is 0 Å². The van der Waals surface area contributed by atoms with E-state index in [-0.39, 0.29) is 11.7 Å². The summed E-state index contributed by atoms with van der Waals surface area (Å²) < 4.78 is 0. The zero-order valence-electron chi connectivity index (χ0n) is 17.9. The molecule has 3 N–H and O–H groups in total. The second-order valence-electron chi connectivity index (χ2n) is 7.65. The predicted molar refractivity (Wildman–Crippen MR) is 126 cm³/mol. The van der Waals surface area contributed by atoms with Crippen LogP contribution in [0.5, 0.6) is 0 Å². The molecule has 0 atom stereocenters. The van der Waals surface area contributed by atoms with Crippen molar-refractivity contribution in [3.8, 4) is 11.1 Å². The van der Waals surface area contributed by atoms with E-state index >= 15 is 0 Å². The van der Waals surface area contributed by atoms with Crippen molar-refractivity contribution in [2.75, 3.05) is 10.6 Å². The summed E-state index contributed by atoms with van der Waals surface area (Å²) in [6.45, 7) is 1.55. The van der Waals surface area contributed by atoms with Gasteiger partial charge in [-0.15, -0.1) is 0 Å². The van der Waals surface area contributed by atoms with Crippen molar-refractivity contribution in [1.29, 1.82) is 0 Å². The van der Waals surface area contributed by atoms with Gasteiger partial charge < -0.3 is 10.4 Å². The Kier molecular flexibility index (Phi) is 7.75. The summed E-state index contributed by atoms with van der Waals surface area (Å²) in [5, 5.41) is 14.5. The van der Waals surface area contributed by atoms with Crippen LogP contribution in [-0.4, -0.2) is 22.9 Å². The molecule has 0 bridgehead atoms. The minimum Gasteiger partial charge on any atom is -0.465 e. The number of carboxylic acid groups (broad SMARTS) is 1. The van der Waals surface area contributed by atoms with Gasteiger partial charge in [0.2, 0.25) is 5.91 Å². The van der Waals surface area contributed by atoms with Crippen molar-refractivity contribution in [3.63, 3.8) is 0 Å². The molecule has 0 aliphatic rings. The van der Waals surface area contributed by atoms with E-state index in [0.29, 0.717) is 37.1 Å². The summed E-state index contributed by atoms with van der Waals surface area (Å²) in [5.41, 5.74) is 4.83. The number of hydrogen-bond acceptors (Lipinski definition) is 3. The Morgan fingerprint density at radius 3 is 2.19 bits per heavy atom.